The van der Waals surface area contributed by atoms with Crippen LogP contribution in [0.1, 0.15) is 47.8 Å². The van der Waals surface area contributed by atoms with E-state index in [1.165, 1.54) is 5.56 Å². The molecule has 5 rings (SSSR count). The number of carbonyl (C=O) groups excluding carboxylic acids is 2. The molecule has 0 radical (unpaired) electrons. The Balaban J connectivity index is 1.45. The molecular weight excluding hydrogens is 450 g/mol. The summed E-state index contributed by atoms with van der Waals surface area (Å²) in [6.45, 7) is 8.26. The Morgan fingerprint density at radius 1 is 0.917 bits per heavy atom. The number of hydrogen-bond acceptors (Lipinski definition) is 4. The first-order chi connectivity index (χ1) is 17.4. The number of carbonyl (C=O) groups is 2. The van der Waals surface area contributed by atoms with Crippen LogP contribution in [0.25, 0.3) is 11.1 Å². The number of rotatable bonds is 4. The minimum Gasteiger partial charge on any atom is -0.378 e. The second-order valence-electron chi connectivity index (χ2n) is 9.79. The lowest BCUT2D eigenvalue weighted by molar-refractivity contribution is -0.117. The van der Waals surface area contributed by atoms with Crippen molar-refractivity contribution in [2.45, 2.75) is 39.3 Å². The van der Waals surface area contributed by atoms with E-state index < -0.39 is 0 Å². The predicted molar refractivity (Wildman–Crippen MR) is 143 cm³/mol. The van der Waals surface area contributed by atoms with Crippen LogP contribution in [0.3, 0.4) is 0 Å². The maximum absolute atomic E-state index is 12.8. The van der Waals surface area contributed by atoms with Gasteiger partial charge in [-0.05, 0) is 73.4 Å². The first kappa shape index (κ1) is 24.1. The third kappa shape index (κ3) is 4.86. The molecule has 6 nitrogen and oxygen atoms in total. The molecule has 0 spiro atoms. The van der Waals surface area contributed by atoms with Gasteiger partial charge in [0.1, 0.15) is 0 Å². The highest BCUT2D eigenvalue weighted by atomic mass is 16.5. The Bertz CT molecular complexity index is 1250. The molecule has 1 N–H and O–H groups in total. The second kappa shape index (κ2) is 10.2. The largest absolute Gasteiger partial charge is 0.378 e. The summed E-state index contributed by atoms with van der Waals surface area (Å²) in [5.41, 5.74) is 7.14. The first-order valence-electron chi connectivity index (χ1n) is 12.6. The number of benzene rings is 3. The number of ether oxygens (including phenoxy) is 1. The zero-order chi connectivity index (χ0) is 25.2. The van der Waals surface area contributed by atoms with Crippen LogP contribution in [0.4, 0.5) is 11.4 Å². The second-order valence-corrected chi connectivity index (χ2v) is 9.79. The van der Waals surface area contributed by atoms with Crippen molar-refractivity contribution >= 4 is 23.2 Å². The maximum Gasteiger partial charge on any atom is 0.254 e. The topological polar surface area (TPSA) is 61.9 Å². The minimum atomic E-state index is 0.0451. The van der Waals surface area contributed by atoms with Crippen LogP contribution in [0.5, 0.6) is 0 Å². The standard InChI is InChI=1S/C30H33N3O3/c1-20-4-11-26(12-5-20)31-28-18-21(2)33(22(3)34)29-13-10-25(19-27(28)29)23-6-8-24(9-7-23)30(35)32-14-16-36-17-15-32/h4-13,19,21,28,31H,14-18H2,1-3H3. The average Bonchev–Trinajstić information content (AvgIpc) is 2.90. The Hall–Kier alpha value is -3.64. The molecule has 0 saturated carbocycles. The molecule has 0 aromatic heterocycles. The predicted octanol–water partition coefficient (Wildman–Crippen LogP) is 5.43. The molecule has 0 bridgehead atoms. The van der Waals surface area contributed by atoms with E-state index in [0.29, 0.717) is 31.9 Å². The number of aryl methyl sites for hydroxylation is 1. The fourth-order valence-electron chi connectivity index (χ4n) is 5.27. The number of amides is 2. The molecule has 2 aliphatic rings. The van der Waals surface area contributed by atoms with Crippen molar-refractivity contribution in [3.63, 3.8) is 0 Å². The number of nitrogens with zero attached hydrogens (tertiary/aromatic N) is 2. The van der Waals surface area contributed by atoms with Crippen LogP contribution in [-0.2, 0) is 9.53 Å². The third-order valence-corrected chi connectivity index (χ3v) is 7.18. The summed E-state index contributed by atoms with van der Waals surface area (Å²) < 4.78 is 5.36. The Labute approximate surface area is 212 Å². The van der Waals surface area contributed by atoms with Crippen molar-refractivity contribution in [3.05, 3.63) is 83.4 Å². The smallest absolute Gasteiger partial charge is 0.254 e. The van der Waals surface area contributed by atoms with E-state index in [0.717, 1.165) is 34.5 Å². The molecule has 3 aromatic carbocycles. The molecule has 0 aliphatic carbocycles. The van der Waals surface area contributed by atoms with Crippen molar-refractivity contribution < 1.29 is 14.3 Å². The van der Waals surface area contributed by atoms with E-state index in [9.17, 15) is 9.59 Å². The molecule has 2 heterocycles. The highest BCUT2D eigenvalue weighted by Crippen LogP contribution is 2.41. The average molecular weight is 484 g/mol. The van der Waals surface area contributed by atoms with E-state index in [-0.39, 0.29) is 23.9 Å². The summed E-state index contributed by atoms with van der Waals surface area (Å²) in [5.74, 6) is 0.0972. The zero-order valence-electron chi connectivity index (χ0n) is 21.2. The lowest BCUT2D eigenvalue weighted by Gasteiger charge is -2.39. The fourth-order valence-corrected chi connectivity index (χ4v) is 5.27. The Morgan fingerprint density at radius 2 is 1.58 bits per heavy atom. The van der Waals surface area contributed by atoms with Crippen LogP contribution in [0, 0.1) is 6.92 Å². The van der Waals surface area contributed by atoms with Gasteiger partial charge >= 0.3 is 0 Å². The number of nitrogens with one attached hydrogen (secondary N) is 1. The van der Waals surface area contributed by atoms with E-state index >= 15 is 0 Å². The number of anilines is 2. The minimum absolute atomic E-state index is 0.0451. The molecule has 36 heavy (non-hydrogen) atoms. The van der Waals surface area contributed by atoms with Gasteiger partial charge in [0.15, 0.2) is 0 Å². The fraction of sp³-hybridized carbons (Fsp3) is 0.333. The van der Waals surface area contributed by atoms with Gasteiger partial charge in [0.2, 0.25) is 5.91 Å². The van der Waals surface area contributed by atoms with Gasteiger partial charge in [-0.1, -0.05) is 35.9 Å². The molecular formula is C30H33N3O3. The van der Waals surface area contributed by atoms with Gasteiger partial charge in [-0.25, -0.2) is 0 Å². The lowest BCUT2D eigenvalue weighted by Crippen LogP contribution is -2.43. The molecule has 2 aliphatic heterocycles. The highest BCUT2D eigenvalue weighted by molar-refractivity contribution is 5.95. The zero-order valence-corrected chi connectivity index (χ0v) is 21.2. The lowest BCUT2D eigenvalue weighted by atomic mass is 9.88. The van der Waals surface area contributed by atoms with E-state index in [1.807, 2.05) is 34.1 Å². The first-order valence-corrected chi connectivity index (χ1v) is 12.6. The van der Waals surface area contributed by atoms with E-state index in [2.05, 4.69) is 61.6 Å². The third-order valence-electron chi connectivity index (χ3n) is 7.18. The van der Waals surface area contributed by atoms with Crippen molar-refractivity contribution in [3.8, 4) is 11.1 Å². The highest BCUT2D eigenvalue weighted by Gasteiger charge is 2.32. The molecule has 1 fully saturated rings. The summed E-state index contributed by atoms with van der Waals surface area (Å²) in [7, 11) is 0. The molecule has 6 heteroatoms. The van der Waals surface area contributed by atoms with Crippen molar-refractivity contribution in [1.82, 2.24) is 4.90 Å². The molecule has 186 valence electrons. The van der Waals surface area contributed by atoms with Crippen LogP contribution < -0.4 is 10.2 Å². The Morgan fingerprint density at radius 3 is 2.25 bits per heavy atom. The summed E-state index contributed by atoms with van der Waals surface area (Å²) in [5, 5.41) is 3.69. The van der Waals surface area contributed by atoms with Crippen LogP contribution in [-0.4, -0.2) is 49.1 Å². The van der Waals surface area contributed by atoms with Crippen molar-refractivity contribution in [2.75, 3.05) is 36.5 Å². The molecule has 2 amide bonds. The van der Waals surface area contributed by atoms with Gasteiger partial charge in [0, 0.05) is 43.0 Å². The van der Waals surface area contributed by atoms with E-state index in [1.54, 1.807) is 6.92 Å². The molecule has 2 atom stereocenters. The quantitative estimate of drug-likeness (QED) is 0.537. The number of hydrogen-bond donors (Lipinski definition) is 1. The monoisotopic (exact) mass is 483 g/mol. The molecule has 2 unspecified atom stereocenters. The summed E-state index contributed by atoms with van der Waals surface area (Å²) in [6.07, 6.45) is 0.816. The Kier molecular flexibility index (Phi) is 6.79. The molecule has 1 saturated heterocycles. The summed E-state index contributed by atoms with van der Waals surface area (Å²) in [6, 6.07) is 22.7. The van der Waals surface area contributed by atoms with Gasteiger partial charge in [-0.3, -0.25) is 9.59 Å². The number of morpholine rings is 1. The van der Waals surface area contributed by atoms with Crippen LogP contribution in [0.2, 0.25) is 0 Å². The SMILES string of the molecule is CC(=O)N1c2ccc(-c3ccc(C(=O)N4CCOCC4)cc3)cc2C(Nc2ccc(C)cc2)CC1C. The normalized spacial score (nSPS) is 19.5. The maximum atomic E-state index is 12.8. The number of fused-ring (bicyclic) bond motifs is 1. The van der Waals surface area contributed by atoms with Crippen LogP contribution in [0.15, 0.2) is 66.7 Å². The van der Waals surface area contributed by atoms with Gasteiger partial charge < -0.3 is 19.9 Å². The van der Waals surface area contributed by atoms with Crippen LogP contribution >= 0.6 is 0 Å². The van der Waals surface area contributed by atoms with E-state index in [4.69, 9.17) is 4.74 Å². The van der Waals surface area contributed by atoms with Gasteiger partial charge in [-0.15, -0.1) is 0 Å². The van der Waals surface area contributed by atoms with Crippen molar-refractivity contribution in [1.29, 1.82) is 0 Å². The summed E-state index contributed by atoms with van der Waals surface area (Å²) >= 11 is 0. The summed E-state index contributed by atoms with van der Waals surface area (Å²) in [4.78, 5) is 29.1. The van der Waals surface area contributed by atoms with Crippen molar-refractivity contribution in [2.24, 2.45) is 0 Å². The van der Waals surface area contributed by atoms with Gasteiger partial charge in [0.25, 0.3) is 5.91 Å². The van der Waals surface area contributed by atoms with Gasteiger partial charge in [-0.2, -0.15) is 0 Å². The molecule has 3 aromatic rings. The van der Waals surface area contributed by atoms with Gasteiger partial charge in [0.05, 0.1) is 19.3 Å².